The van der Waals surface area contributed by atoms with E-state index in [4.69, 9.17) is 9.47 Å². The minimum atomic E-state index is -1.24. The van der Waals surface area contributed by atoms with Crippen LogP contribution in [-0.4, -0.2) is 82.8 Å². The van der Waals surface area contributed by atoms with E-state index in [0.717, 1.165) is 19.3 Å². The molecule has 4 heterocycles. The predicted octanol–water partition coefficient (Wildman–Crippen LogP) is 1.82. The summed E-state index contributed by atoms with van der Waals surface area (Å²) in [5.41, 5.74) is -2.24. The molecule has 2 fully saturated rings. The standard InChI is InChI=1S/C25H36N2O6/c1-3-5-7-13-26-14-9-12-25-18(21(29)27(15-10-16-28)20(25)22(26)30)19-23(31)32-17-8-6-11-24(19,4-2)33-25/h6,9,11-12,18-20,28H,3-5,7-8,10,13-17H2,1-2H3/t18-,19+,20?,24-,25-/m0/s1. The van der Waals surface area contributed by atoms with Gasteiger partial charge >= 0.3 is 5.97 Å². The number of esters is 1. The topological polar surface area (TPSA) is 96.4 Å². The molecule has 2 amide bonds. The van der Waals surface area contributed by atoms with Crippen molar-refractivity contribution in [3.05, 3.63) is 24.3 Å². The molecule has 0 saturated carbocycles. The Morgan fingerprint density at radius 1 is 1.03 bits per heavy atom. The van der Waals surface area contributed by atoms with Crippen molar-refractivity contribution in [1.82, 2.24) is 9.80 Å². The van der Waals surface area contributed by atoms with Gasteiger partial charge in [0.1, 0.15) is 23.2 Å². The van der Waals surface area contributed by atoms with Crippen LogP contribution in [0.15, 0.2) is 24.3 Å². The Balaban J connectivity index is 1.80. The van der Waals surface area contributed by atoms with E-state index in [2.05, 4.69) is 6.92 Å². The van der Waals surface area contributed by atoms with Gasteiger partial charge in [0.05, 0.1) is 12.5 Å². The van der Waals surface area contributed by atoms with Gasteiger partial charge in [-0.05, 0) is 25.7 Å². The Bertz CT molecular complexity index is 841. The highest BCUT2D eigenvalue weighted by molar-refractivity contribution is 5.99. The first-order valence-electron chi connectivity index (χ1n) is 12.4. The average Bonchev–Trinajstić information content (AvgIpc) is 3.14. The molecule has 8 heteroatoms. The van der Waals surface area contributed by atoms with Crippen molar-refractivity contribution in [2.45, 2.75) is 69.6 Å². The maximum Gasteiger partial charge on any atom is 0.313 e. The number of hydrogen-bond acceptors (Lipinski definition) is 6. The number of likely N-dealkylation sites (tertiary alicyclic amines) is 1. The summed E-state index contributed by atoms with van der Waals surface area (Å²) in [5.74, 6) is -2.52. The smallest absolute Gasteiger partial charge is 0.313 e. The molecule has 33 heavy (non-hydrogen) atoms. The fourth-order valence-corrected chi connectivity index (χ4v) is 6.01. The van der Waals surface area contributed by atoms with Gasteiger partial charge < -0.3 is 24.4 Å². The highest BCUT2D eigenvalue weighted by Crippen LogP contribution is 2.58. The summed E-state index contributed by atoms with van der Waals surface area (Å²) in [6.45, 7) is 5.52. The van der Waals surface area contributed by atoms with Gasteiger partial charge in [-0.25, -0.2) is 0 Å². The minimum Gasteiger partial charge on any atom is -0.465 e. The van der Waals surface area contributed by atoms with Crippen molar-refractivity contribution in [1.29, 1.82) is 0 Å². The number of unbranched alkanes of at least 4 members (excludes halogenated alkanes) is 2. The summed E-state index contributed by atoms with van der Waals surface area (Å²) in [4.78, 5) is 44.3. The largest absolute Gasteiger partial charge is 0.465 e. The number of fused-ring (bicyclic) bond motifs is 2. The molecule has 4 rings (SSSR count). The Morgan fingerprint density at radius 2 is 1.85 bits per heavy atom. The van der Waals surface area contributed by atoms with E-state index < -0.39 is 35.0 Å². The van der Waals surface area contributed by atoms with E-state index in [1.165, 1.54) is 0 Å². The molecule has 1 spiro atoms. The van der Waals surface area contributed by atoms with E-state index in [-0.39, 0.29) is 31.6 Å². The monoisotopic (exact) mass is 460 g/mol. The van der Waals surface area contributed by atoms with E-state index in [1.54, 1.807) is 9.80 Å². The quantitative estimate of drug-likeness (QED) is 0.337. The van der Waals surface area contributed by atoms with Crippen molar-refractivity contribution in [2.24, 2.45) is 11.8 Å². The molecule has 0 aromatic heterocycles. The Labute approximate surface area is 195 Å². The van der Waals surface area contributed by atoms with Crippen molar-refractivity contribution >= 4 is 17.8 Å². The summed E-state index contributed by atoms with van der Waals surface area (Å²) in [6.07, 6.45) is 12.0. The van der Waals surface area contributed by atoms with E-state index in [9.17, 15) is 19.5 Å². The van der Waals surface area contributed by atoms with Crippen LogP contribution < -0.4 is 0 Å². The zero-order chi connectivity index (χ0) is 23.6. The number of carbonyl (C=O) groups is 3. The van der Waals surface area contributed by atoms with Crippen LogP contribution in [0.5, 0.6) is 0 Å². The van der Waals surface area contributed by atoms with Crippen LogP contribution in [0.2, 0.25) is 0 Å². The molecular formula is C25H36N2O6. The average molecular weight is 461 g/mol. The van der Waals surface area contributed by atoms with Gasteiger partial charge in [0.25, 0.3) is 0 Å². The highest BCUT2D eigenvalue weighted by Gasteiger charge is 2.75. The summed E-state index contributed by atoms with van der Waals surface area (Å²) >= 11 is 0. The summed E-state index contributed by atoms with van der Waals surface area (Å²) in [5, 5.41) is 9.44. The number of aliphatic hydroxyl groups excluding tert-OH is 1. The van der Waals surface area contributed by atoms with E-state index >= 15 is 0 Å². The lowest BCUT2D eigenvalue weighted by molar-refractivity contribution is -0.161. The first kappa shape index (κ1) is 24.0. The number of aliphatic hydroxyl groups is 1. The fraction of sp³-hybridized carbons (Fsp3) is 0.720. The van der Waals surface area contributed by atoms with Gasteiger partial charge in [-0.1, -0.05) is 51.0 Å². The normalized spacial score (nSPS) is 35.6. The predicted molar refractivity (Wildman–Crippen MR) is 121 cm³/mol. The molecule has 0 aromatic carbocycles. The molecule has 2 saturated heterocycles. The third-order valence-electron chi connectivity index (χ3n) is 7.57. The first-order valence-corrected chi connectivity index (χ1v) is 12.4. The third kappa shape index (κ3) is 3.81. The molecule has 0 aliphatic carbocycles. The lowest BCUT2D eigenvalue weighted by atomic mass is 9.73. The van der Waals surface area contributed by atoms with Crippen molar-refractivity contribution in [3.63, 3.8) is 0 Å². The molecule has 4 aliphatic heterocycles. The molecule has 182 valence electrons. The molecular weight excluding hydrogens is 424 g/mol. The first-order chi connectivity index (χ1) is 16.0. The summed E-state index contributed by atoms with van der Waals surface area (Å²) in [6, 6.07) is -0.861. The van der Waals surface area contributed by atoms with Crippen LogP contribution in [0, 0.1) is 11.8 Å². The van der Waals surface area contributed by atoms with Crippen LogP contribution in [-0.2, 0) is 23.9 Å². The molecule has 1 unspecified atom stereocenters. The number of hydrogen-bond donors (Lipinski definition) is 1. The molecule has 1 N–H and O–H groups in total. The van der Waals surface area contributed by atoms with Gasteiger partial charge in [-0.2, -0.15) is 0 Å². The molecule has 5 atom stereocenters. The second-order valence-electron chi connectivity index (χ2n) is 9.48. The maximum atomic E-state index is 13.9. The highest BCUT2D eigenvalue weighted by atomic mass is 16.6. The number of carbonyl (C=O) groups excluding carboxylic acids is 3. The van der Waals surface area contributed by atoms with Crippen LogP contribution >= 0.6 is 0 Å². The summed E-state index contributed by atoms with van der Waals surface area (Å²) < 4.78 is 12.3. The van der Waals surface area contributed by atoms with Gasteiger partial charge in [0.2, 0.25) is 11.8 Å². The number of amides is 2. The number of nitrogens with zero attached hydrogens (tertiary/aromatic N) is 2. The van der Waals surface area contributed by atoms with Crippen molar-refractivity contribution < 1.29 is 29.0 Å². The molecule has 4 aliphatic rings. The van der Waals surface area contributed by atoms with E-state index in [0.29, 0.717) is 32.4 Å². The van der Waals surface area contributed by atoms with Crippen LogP contribution in [0.4, 0.5) is 0 Å². The van der Waals surface area contributed by atoms with E-state index in [1.807, 2.05) is 31.2 Å². The van der Waals surface area contributed by atoms with Crippen molar-refractivity contribution in [3.8, 4) is 0 Å². The van der Waals surface area contributed by atoms with Gasteiger partial charge in [-0.15, -0.1) is 0 Å². The number of cyclic esters (lactones) is 1. The second-order valence-corrected chi connectivity index (χ2v) is 9.48. The van der Waals surface area contributed by atoms with Gasteiger partial charge in [0.15, 0.2) is 0 Å². The molecule has 0 radical (unpaired) electrons. The Kier molecular flexibility index (Phi) is 6.96. The van der Waals surface area contributed by atoms with Gasteiger partial charge in [0, 0.05) is 26.2 Å². The third-order valence-corrected chi connectivity index (χ3v) is 7.57. The minimum absolute atomic E-state index is 0.0909. The Morgan fingerprint density at radius 3 is 2.58 bits per heavy atom. The zero-order valence-electron chi connectivity index (χ0n) is 19.7. The maximum absolute atomic E-state index is 13.9. The lowest BCUT2D eigenvalue weighted by Crippen LogP contribution is -2.56. The second kappa shape index (κ2) is 9.58. The summed E-state index contributed by atoms with van der Waals surface area (Å²) in [7, 11) is 0. The van der Waals surface area contributed by atoms with Crippen LogP contribution in [0.25, 0.3) is 0 Å². The number of rotatable bonds is 8. The zero-order valence-corrected chi connectivity index (χ0v) is 19.7. The lowest BCUT2D eigenvalue weighted by Gasteiger charge is -2.38. The van der Waals surface area contributed by atoms with Gasteiger partial charge in [-0.3, -0.25) is 14.4 Å². The van der Waals surface area contributed by atoms with Crippen LogP contribution in [0.1, 0.15) is 52.4 Å². The molecule has 0 bridgehead atoms. The fourth-order valence-electron chi connectivity index (χ4n) is 6.01. The Hall–Kier alpha value is -2.19. The SMILES string of the molecule is CCCCCN1CC=C[C@]23O[C@@]4(CC)C=CCCOC(=O)[C@H]4[C@H]2C(=O)N(CCCO)C3C1=O. The molecule has 0 aromatic rings. The van der Waals surface area contributed by atoms with Crippen molar-refractivity contribution in [2.75, 3.05) is 32.8 Å². The van der Waals surface area contributed by atoms with Crippen LogP contribution in [0.3, 0.4) is 0 Å². The number of ether oxygens (including phenoxy) is 2. The molecule has 8 nitrogen and oxygen atoms in total.